The van der Waals surface area contributed by atoms with Gasteiger partial charge >= 0.3 is 0 Å². The second kappa shape index (κ2) is 4.97. The Morgan fingerprint density at radius 1 is 1.40 bits per heavy atom. The minimum absolute atomic E-state index is 0.0176. The van der Waals surface area contributed by atoms with Gasteiger partial charge in [-0.3, -0.25) is 10.1 Å². The third-order valence-corrected chi connectivity index (χ3v) is 3.31. The number of carbonyl (C=O) groups excluding carboxylic acids is 1. The van der Waals surface area contributed by atoms with Gasteiger partial charge in [-0.1, -0.05) is 34.1 Å². The molecule has 0 aromatic heterocycles. The SMILES string of the molecule is CCC(C)CN1C(=O)C(C(C)C)NC1C. The largest absolute Gasteiger partial charge is 0.326 e. The van der Waals surface area contributed by atoms with Crippen LogP contribution in [0.15, 0.2) is 0 Å². The summed E-state index contributed by atoms with van der Waals surface area (Å²) in [5, 5.41) is 3.36. The lowest BCUT2D eigenvalue weighted by atomic mass is 10.0. The van der Waals surface area contributed by atoms with Crippen LogP contribution >= 0.6 is 0 Å². The molecule has 1 aliphatic heterocycles. The normalized spacial score (nSPS) is 28.9. The van der Waals surface area contributed by atoms with Gasteiger partial charge in [0.05, 0.1) is 12.2 Å². The molecule has 3 heteroatoms. The van der Waals surface area contributed by atoms with Crippen LogP contribution in [0.1, 0.15) is 41.0 Å². The summed E-state index contributed by atoms with van der Waals surface area (Å²) in [6, 6.07) is 0.0176. The van der Waals surface area contributed by atoms with Gasteiger partial charge in [0, 0.05) is 6.54 Å². The Morgan fingerprint density at radius 2 is 2.00 bits per heavy atom. The molecule has 1 fully saturated rings. The predicted molar refractivity (Wildman–Crippen MR) is 62.4 cm³/mol. The van der Waals surface area contributed by atoms with Crippen LogP contribution in [0.4, 0.5) is 0 Å². The van der Waals surface area contributed by atoms with Crippen molar-refractivity contribution in [3.05, 3.63) is 0 Å². The number of amides is 1. The first-order chi connectivity index (χ1) is 6.97. The fourth-order valence-electron chi connectivity index (χ4n) is 1.98. The highest BCUT2D eigenvalue weighted by Gasteiger charge is 2.37. The van der Waals surface area contributed by atoms with Crippen molar-refractivity contribution in [2.24, 2.45) is 11.8 Å². The highest BCUT2D eigenvalue weighted by molar-refractivity contribution is 5.84. The summed E-state index contributed by atoms with van der Waals surface area (Å²) in [6.45, 7) is 11.5. The van der Waals surface area contributed by atoms with Crippen LogP contribution in [0.2, 0.25) is 0 Å². The Morgan fingerprint density at radius 3 is 2.40 bits per heavy atom. The van der Waals surface area contributed by atoms with Gasteiger partial charge in [-0.05, 0) is 18.8 Å². The highest BCUT2D eigenvalue weighted by atomic mass is 16.2. The average molecular weight is 212 g/mol. The molecule has 0 bridgehead atoms. The van der Waals surface area contributed by atoms with E-state index in [1.807, 2.05) is 4.90 Å². The molecule has 1 saturated heterocycles. The van der Waals surface area contributed by atoms with Crippen molar-refractivity contribution in [1.82, 2.24) is 10.2 Å². The van der Waals surface area contributed by atoms with Crippen molar-refractivity contribution >= 4 is 5.91 Å². The molecule has 1 amide bonds. The van der Waals surface area contributed by atoms with Crippen LogP contribution in [0.25, 0.3) is 0 Å². The minimum Gasteiger partial charge on any atom is -0.326 e. The number of hydrogen-bond acceptors (Lipinski definition) is 2. The molecule has 1 N–H and O–H groups in total. The molecular weight excluding hydrogens is 188 g/mol. The van der Waals surface area contributed by atoms with Crippen molar-refractivity contribution in [2.75, 3.05) is 6.54 Å². The highest BCUT2D eigenvalue weighted by Crippen LogP contribution is 2.18. The van der Waals surface area contributed by atoms with Crippen LogP contribution in [-0.4, -0.2) is 29.6 Å². The first kappa shape index (κ1) is 12.5. The van der Waals surface area contributed by atoms with E-state index in [0.29, 0.717) is 11.8 Å². The maximum absolute atomic E-state index is 12.1. The van der Waals surface area contributed by atoms with E-state index in [2.05, 4.69) is 39.9 Å². The van der Waals surface area contributed by atoms with Gasteiger partial charge in [-0.25, -0.2) is 0 Å². The molecule has 0 aromatic rings. The molecular formula is C12H24N2O. The first-order valence-electron chi connectivity index (χ1n) is 6.03. The van der Waals surface area contributed by atoms with Gasteiger partial charge in [-0.2, -0.15) is 0 Å². The zero-order valence-electron chi connectivity index (χ0n) is 10.6. The molecule has 0 aromatic carbocycles. The van der Waals surface area contributed by atoms with E-state index in [1.54, 1.807) is 0 Å². The van der Waals surface area contributed by atoms with Crippen LogP contribution < -0.4 is 5.32 Å². The fraction of sp³-hybridized carbons (Fsp3) is 0.917. The van der Waals surface area contributed by atoms with Gasteiger partial charge in [0.15, 0.2) is 0 Å². The monoisotopic (exact) mass is 212 g/mol. The standard InChI is InChI=1S/C12H24N2O/c1-6-9(4)7-14-10(5)13-11(8(2)3)12(14)15/h8-11,13H,6-7H2,1-5H3. The topological polar surface area (TPSA) is 32.3 Å². The molecule has 0 aliphatic carbocycles. The van der Waals surface area contributed by atoms with E-state index in [9.17, 15) is 4.79 Å². The Hall–Kier alpha value is -0.570. The lowest BCUT2D eigenvalue weighted by molar-refractivity contribution is -0.131. The summed E-state index contributed by atoms with van der Waals surface area (Å²) in [7, 11) is 0. The van der Waals surface area contributed by atoms with Crippen LogP contribution in [0.3, 0.4) is 0 Å². The molecule has 3 unspecified atom stereocenters. The van der Waals surface area contributed by atoms with Crippen LogP contribution in [0, 0.1) is 11.8 Å². The molecule has 15 heavy (non-hydrogen) atoms. The average Bonchev–Trinajstić information content (AvgIpc) is 2.45. The molecule has 1 rings (SSSR count). The van der Waals surface area contributed by atoms with Gasteiger partial charge in [0.2, 0.25) is 5.91 Å². The Kier molecular flexibility index (Phi) is 4.14. The molecule has 3 nitrogen and oxygen atoms in total. The smallest absolute Gasteiger partial charge is 0.241 e. The van der Waals surface area contributed by atoms with Crippen molar-refractivity contribution in [2.45, 2.75) is 53.2 Å². The Bertz CT molecular complexity index is 228. The summed E-state index contributed by atoms with van der Waals surface area (Å²) < 4.78 is 0. The third kappa shape index (κ3) is 2.71. The summed E-state index contributed by atoms with van der Waals surface area (Å²) in [4.78, 5) is 14.1. The maximum Gasteiger partial charge on any atom is 0.241 e. The summed E-state index contributed by atoms with van der Waals surface area (Å²) in [5.74, 6) is 1.24. The lowest BCUT2D eigenvalue weighted by Crippen LogP contribution is -2.37. The molecule has 0 saturated carbocycles. The Labute approximate surface area is 93.2 Å². The van der Waals surface area contributed by atoms with E-state index >= 15 is 0 Å². The van der Waals surface area contributed by atoms with E-state index in [1.165, 1.54) is 0 Å². The zero-order chi connectivity index (χ0) is 11.6. The minimum atomic E-state index is 0.0176. The summed E-state index contributed by atoms with van der Waals surface area (Å²) >= 11 is 0. The van der Waals surface area contributed by atoms with Crippen molar-refractivity contribution in [1.29, 1.82) is 0 Å². The van der Waals surface area contributed by atoms with E-state index in [4.69, 9.17) is 0 Å². The molecule has 0 radical (unpaired) electrons. The fourth-order valence-corrected chi connectivity index (χ4v) is 1.98. The summed E-state index contributed by atoms with van der Waals surface area (Å²) in [6.07, 6.45) is 1.32. The van der Waals surface area contributed by atoms with Crippen molar-refractivity contribution < 1.29 is 4.79 Å². The zero-order valence-corrected chi connectivity index (χ0v) is 10.6. The van der Waals surface area contributed by atoms with Crippen LogP contribution in [0.5, 0.6) is 0 Å². The number of rotatable bonds is 4. The second-order valence-electron chi connectivity index (χ2n) is 5.07. The quantitative estimate of drug-likeness (QED) is 0.771. The number of nitrogens with one attached hydrogen (secondary N) is 1. The molecule has 88 valence electrons. The second-order valence-corrected chi connectivity index (χ2v) is 5.07. The van der Waals surface area contributed by atoms with Gasteiger partial charge in [0.25, 0.3) is 0 Å². The summed E-state index contributed by atoms with van der Waals surface area (Å²) in [5.41, 5.74) is 0. The number of hydrogen-bond donors (Lipinski definition) is 1. The number of nitrogens with zero attached hydrogens (tertiary/aromatic N) is 1. The van der Waals surface area contributed by atoms with Crippen molar-refractivity contribution in [3.63, 3.8) is 0 Å². The predicted octanol–water partition coefficient (Wildman–Crippen LogP) is 1.83. The Balaban J connectivity index is 2.62. The third-order valence-electron chi connectivity index (χ3n) is 3.31. The van der Waals surface area contributed by atoms with E-state index in [0.717, 1.165) is 13.0 Å². The first-order valence-corrected chi connectivity index (χ1v) is 6.03. The molecule has 3 atom stereocenters. The molecule has 1 heterocycles. The van der Waals surface area contributed by atoms with Crippen LogP contribution in [-0.2, 0) is 4.79 Å². The van der Waals surface area contributed by atoms with Gasteiger partial charge in [0.1, 0.15) is 0 Å². The van der Waals surface area contributed by atoms with Gasteiger partial charge < -0.3 is 4.90 Å². The molecule has 1 aliphatic rings. The number of carbonyl (C=O) groups is 1. The lowest BCUT2D eigenvalue weighted by Gasteiger charge is -2.24. The maximum atomic E-state index is 12.1. The van der Waals surface area contributed by atoms with E-state index < -0.39 is 0 Å². The molecule has 0 spiro atoms. The van der Waals surface area contributed by atoms with Crippen molar-refractivity contribution in [3.8, 4) is 0 Å². The van der Waals surface area contributed by atoms with Gasteiger partial charge in [-0.15, -0.1) is 0 Å². The van der Waals surface area contributed by atoms with E-state index in [-0.39, 0.29) is 18.1 Å².